The smallest absolute Gasteiger partial charge is 0.0501 e. The molecule has 0 aromatic carbocycles. The average molecular weight is 100 g/mol. The fourth-order valence-corrected chi connectivity index (χ4v) is 0.304. The minimum absolute atomic E-state index is 0.345. The van der Waals surface area contributed by atoms with Gasteiger partial charge in [0.15, 0.2) is 0 Å². The molecule has 0 saturated carbocycles. The normalized spacial score (nSPS) is 10.3. The van der Waals surface area contributed by atoms with Crippen LogP contribution >= 0.6 is 0 Å². The Bertz CT molecular complexity index is 33.2. The van der Waals surface area contributed by atoms with E-state index in [0.29, 0.717) is 12.5 Å². The van der Waals surface area contributed by atoms with E-state index in [9.17, 15) is 0 Å². The predicted molar refractivity (Wildman–Crippen MR) is 30.0 cm³/mol. The van der Waals surface area contributed by atoms with Crippen molar-refractivity contribution in [1.82, 2.24) is 0 Å². The van der Waals surface area contributed by atoms with Crippen LogP contribution in [0.5, 0.6) is 0 Å². The van der Waals surface area contributed by atoms with Crippen LogP contribution in [-0.2, 0) is 4.74 Å². The van der Waals surface area contributed by atoms with Gasteiger partial charge in [0.1, 0.15) is 0 Å². The van der Waals surface area contributed by atoms with Gasteiger partial charge in [-0.2, -0.15) is 0 Å². The van der Waals surface area contributed by atoms with Gasteiger partial charge in [-0.1, -0.05) is 13.8 Å². The summed E-state index contributed by atoms with van der Waals surface area (Å²) in [6, 6.07) is 0. The van der Waals surface area contributed by atoms with E-state index in [-0.39, 0.29) is 0 Å². The quantitative estimate of drug-likeness (QED) is 0.520. The highest BCUT2D eigenvalue weighted by Gasteiger charge is 1.88. The van der Waals surface area contributed by atoms with E-state index < -0.39 is 0 Å². The highest BCUT2D eigenvalue weighted by atomic mass is 16.5. The van der Waals surface area contributed by atoms with Crippen molar-refractivity contribution in [3.05, 3.63) is 6.92 Å². The lowest BCUT2D eigenvalue weighted by atomic mass is 10.2. The van der Waals surface area contributed by atoms with Crippen LogP contribution in [0.4, 0.5) is 0 Å². The topological polar surface area (TPSA) is 9.23 Å². The first-order valence-electron chi connectivity index (χ1n) is 2.55. The van der Waals surface area contributed by atoms with Crippen LogP contribution in [-0.4, -0.2) is 13.2 Å². The summed E-state index contributed by atoms with van der Waals surface area (Å²) >= 11 is 0. The van der Waals surface area contributed by atoms with Gasteiger partial charge < -0.3 is 4.74 Å². The molecule has 0 aliphatic rings. The van der Waals surface area contributed by atoms with E-state index in [2.05, 4.69) is 13.8 Å². The van der Waals surface area contributed by atoms with Crippen molar-refractivity contribution < 1.29 is 4.74 Å². The molecule has 0 heterocycles. The van der Waals surface area contributed by atoms with Crippen LogP contribution in [0.1, 0.15) is 13.8 Å². The van der Waals surface area contributed by atoms with Crippen LogP contribution < -0.4 is 0 Å². The van der Waals surface area contributed by atoms with Gasteiger partial charge in [-0.25, -0.2) is 0 Å². The number of hydrogen-bond acceptors (Lipinski definition) is 1. The summed E-state index contributed by atoms with van der Waals surface area (Å²) < 4.78 is 4.87. The van der Waals surface area contributed by atoms with Crippen molar-refractivity contribution in [3.8, 4) is 0 Å². The second-order valence-electron chi connectivity index (χ2n) is 1.93. The van der Waals surface area contributed by atoms with Gasteiger partial charge in [0.05, 0.1) is 6.61 Å². The first-order valence-corrected chi connectivity index (χ1v) is 2.55. The molecule has 42 valence electrons. The maximum absolute atomic E-state index is 5.05. The van der Waals surface area contributed by atoms with Crippen LogP contribution in [0, 0.1) is 12.8 Å². The Hall–Kier alpha value is -0.0400. The highest BCUT2D eigenvalue weighted by molar-refractivity contribution is 4.39. The maximum Gasteiger partial charge on any atom is 0.0501 e. The lowest BCUT2D eigenvalue weighted by Gasteiger charge is -2.01. The zero-order valence-corrected chi connectivity index (χ0v) is 4.98. The van der Waals surface area contributed by atoms with Crippen molar-refractivity contribution in [2.75, 3.05) is 13.2 Å². The molecule has 0 aromatic heterocycles. The standard InChI is InChI=1S/C6H12O/c1-4-7-5-6(2)3/h1,6H,4-5H2,2-3H3. The van der Waals surface area contributed by atoms with E-state index >= 15 is 0 Å². The summed E-state index contributed by atoms with van der Waals surface area (Å²) in [5, 5.41) is 0. The molecular weight excluding hydrogens is 88.1 g/mol. The van der Waals surface area contributed by atoms with Gasteiger partial charge in [-0.15, -0.1) is 0 Å². The fraction of sp³-hybridized carbons (Fsp3) is 0.833. The molecule has 1 heteroatoms. The Balaban J connectivity index is 2.68. The van der Waals surface area contributed by atoms with Gasteiger partial charge in [-0.05, 0) is 12.8 Å². The molecule has 0 aliphatic carbocycles. The second kappa shape index (κ2) is 4.13. The lowest BCUT2D eigenvalue weighted by Crippen LogP contribution is -2.00. The van der Waals surface area contributed by atoms with Crippen molar-refractivity contribution in [2.45, 2.75) is 13.8 Å². The molecule has 0 saturated heterocycles. The molecule has 0 bridgehead atoms. The summed E-state index contributed by atoms with van der Waals surface area (Å²) in [5.41, 5.74) is 0. The van der Waals surface area contributed by atoms with E-state index in [1.165, 1.54) is 0 Å². The third-order valence-corrected chi connectivity index (χ3v) is 0.569. The van der Waals surface area contributed by atoms with E-state index in [1.807, 2.05) is 0 Å². The largest absolute Gasteiger partial charge is 0.381 e. The zero-order valence-electron chi connectivity index (χ0n) is 4.98. The molecule has 0 N–H and O–H groups in total. The maximum atomic E-state index is 5.05. The first kappa shape index (κ1) is 6.96. The molecule has 7 heavy (non-hydrogen) atoms. The van der Waals surface area contributed by atoms with Crippen LogP contribution in [0.2, 0.25) is 0 Å². The van der Waals surface area contributed by atoms with Crippen molar-refractivity contribution in [2.24, 2.45) is 5.92 Å². The lowest BCUT2D eigenvalue weighted by molar-refractivity contribution is 0.133. The Morgan fingerprint density at radius 1 is 1.57 bits per heavy atom. The van der Waals surface area contributed by atoms with Crippen LogP contribution in [0.3, 0.4) is 0 Å². The molecule has 0 aliphatic heterocycles. The summed E-state index contributed by atoms with van der Waals surface area (Å²) in [4.78, 5) is 0. The van der Waals surface area contributed by atoms with Gasteiger partial charge in [-0.3, -0.25) is 0 Å². The average Bonchev–Trinajstić information content (AvgIpc) is 1.61. The van der Waals surface area contributed by atoms with Gasteiger partial charge in [0.2, 0.25) is 0 Å². The van der Waals surface area contributed by atoms with E-state index in [0.717, 1.165) is 6.61 Å². The Kier molecular flexibility index (Phi) is 4.10. The Labute approximate surface area is 45.7 Å². The third kappa shape index (κ3) is 5.96. The first-order chi connectivity index (χ1) is 3.27. The van der Waals surface area contributed by atoms with Crippen LogP contribution in [0.15, 0.2) is 0 Å². The minimum Gasteiger partial charge on any atom is -0.381 e. The number of hydrogen-bond donors (Lipinski definition) is 0. The third-order valence-electron chi connectivity index (χ3n) is 0.569. The second-order valence-corrected chi connectivity index (χ2v) is 1.93. The van der Waals surface area contributed by atoms with Gasteiger partial charge in [0, 0.05) is 6.61 Å². The summed E-state index contributed by atoms with van der Waals surface area (Å²) in [6.07, 6.45) is 0. The molecule has 0 rings (SSSR count). The Morgan fingerprint density at radius 3 is 2.29 bits per heavy atom. The minimum atomic E-state index is 0.345. The van der Waals surface area contributed by atoms with Crippen molar-refractivity contribution in [3.63, 3.8) is 0 Å². The molecule has 1 nitrogen and oxygen atoms in total. The highest BCUT2D eigenvalue weighted by Crippen LogP contribution is 1.90. The molecular formula is C6H12O. The van der Waals surface area contributed by atoms with E-state index in [4.69, 9.17) is 11.7 Å². The number of rotatable bonds is 3. The molecule has 0 atom stereocenters. The SMILES string of the molecule is [CH]COCC(C)C. The fourth-order valence-electron chi connectivity index (χ4n) is 0.304. The molecule has 0 fully saturated rings. The summed E-state index contributed by atoms with van der Waals surface area (Å²) in [6.45, 7) is 10.4. The van der Waals surface area contributed by atoms with Crippen molar-refractivity contribution >= 4 is 0 Å². The predicted octanol–water partition coefficient (Wildman–Crippen LogP) is 1.37. The monoisotopic (exact) mass is 100 g/mol. The Morgan fingerprint density at radius 2 is 2.14 bits per heavy atom. The van der Waals surface area contributed by atoms with Gasteiger partial charge >= 0.3 is 0 Å². The summed E-state index contributed by atoms with van der Waals surface area (Å²) in [7, 11) is 0. The molecule has 0 unspecified atom stereocenters. The molecule has 2 radical (unpaired) electrons. The molecule has 0 aromatic rings. The molecule has 0 spiro atoms. The van der Waals surface area contributed by atoms with E-state index in [1.54, 1.807) is 0 Å². The van der Waals surface area contributed by atoms with Crippen molar-refractivity contribution in [1.29, 1.82) is 0 Å². The summed E-state index contributed by atoms with van der Waals surface area (Å²) in [5.74, 6) is 0.601. The van der Waals surface area contributed by atoms with Crippen LogP contribution in [0.25, 0.3) is 0 Å². The van der Waals surface area contributed by atoms with Gasteiger partial charge in [0.25, 0.3) is 0 Å². The zero-order chi connectivity index (χ0) is 5.70. The number of ether oxygens (including phenoxy) is 1. The molecule has 0 amide bonds.